The maximum absolute atomic E-state index is 4.70. The van der Waals surface area contributed by atoms with E-state index in [2.05, 4.69) is 50.4 Å². The molecule has 0 spiro atoms. The molecule has 0 saturated heterocycles. The van der Waals surface area contributed by atoms with Crippen LogP contribution >= 0.6 is 0 Å². The predicted molar refractivity (Wildman–Crippen MR) is 70.0 cm³/mol. The number of hydrogen-bond acceptors (Lipinski definition) is 2. The Hall–Kier alpha value is -1.57. The zero-order chi connectivity index (χ0) is 11.5. The smallest absolute Gasteiger partial charge is 0.0755 e. The summed E-state index contributed by atoms with van der Waals surface area (Å²) in [7, 11) is 0. The number of aryl methyl sites for hydroxylation is 2. The number of pyridine rings is 1. The van der Waals surface area contributed by atoms with Crippen molar-refractivity contribution in [3.63, 3.8) is 0 Å². The highest BCUT2D eigenvalue weighted by atomic mass is 14.9. The van der Waals surface area contributed by atoms with Crippen LogP contribution in [0.5, 0.6) is 0 Å². The van der Waals surface area contributed by atoms with Crippen molar-refractivity contribution in [3.05, 3.63) is 35.5 Å². The number of hydrogen-bond donors (Lipinski definition) is 1. The van der Waals surface area contributed by atoms with Crippen LogP contribution in [-0.4, -0.2) is 11.5 Å². The number of rotatable bonds is 3. The van der Waals surface area contributed by atoms with E-state index >= 15 is 0 Å². The normalized spacial score (nSPS) is 10.7. The Bertz CT molecular complexity index is 503. The van der Waals surface area contributed by atoms with E-state index in [4.69, 9.17) is 4.98 Å². The number of nitrogens with one attached hydrogen (secondary N) is 1. The Morgan fingerprint density at radius 2 is 2.06 bits per heavy atom. The highest BCUT2D eigenvalue weighted by molar-refractivity contribution is 5.93. The molecule has 2 rings (SSSR count). The van der Waals surface area contributed by atoms with Crippen molar-refractivity contribution in [2.75, 3.05) is 11.9 Å². The molecule has 1 N–H and O–H groups in total. The third-order valence-corrected chi connectivity index (χ3v) is 2.82. The molecular weight excluding hydrogens is 196 g/mol. The second kappa shape index (κ2) is 4.52. The Kier molecular flexibility index (Phi) is 3.09. The van der Waals surface area contributed by atoms with Gasteiger partial charge in [-0.1, -0.05) is 25.1 Å². The van der Waals surface area contributed by atoms with Crippen molar-refractivity contribution in [1.29, 1.82) is 0 Å². The average Bonchev–Trinajstić information content (AvgIpc) is 2.30. The van der Waals surface area contributed by atoms with Crippen LogP contribution in [-0.2, 0) is 6.42 Å². The molecule has 16 heavy (non-hydrogen) atoms. The summed E-state index contributed by atoms with van der Waals surface area (Å²) in [5.74, 6) is 0. The molecule has 0 radical (unpaired) electrons. The number of aromatic nitrogens is 1. The van der Waals surface area contributed by atoms with Gasteiger partial charge in [0, 0.05) is 23.3 Å². The minimum Gasteiger partial charge on any atom is -0.385 e. The molecule has 0 bridgehead atoms. The van der Waals surface area contributed by atoms with Crippen molar-refractivity contribution < 1.29 is 0 Å². The molecule has 0 saturated carbocycles. The van der Waals surface area contributed by atoms with Crippen LogP contribution in [0.3, 0.4) is 0 Å². The summed E-state index contributed by atoms with van der Waals surface area (Å²) < 4.78 is 0. The lowest BCUT2D eigenvalue weighted by atomic mass is 10.1. The topological polar surface area (TPSA) is 24.9 Å². The summed E-state index contributed by atoms with van der Waals surface area (Å²) in [5.41, 5.74) is 4.72. The molecule has 2 nitrogen and oxygen atoms in total. The lowest BCUT2D eigenvalue weighted by molar-refractivity contribution is 1.05. The SMILES string of the molecule is CCNc1cc(CC)nc2c(C)cccc12. The molecule has 1 aromatic carbocycles. The largest absolute Gasteiger partial charge is 0.385 e. The first kappa shape index (κ1) is 10.9. The highest BCUT2D eigenvalue weighted by Gasteiger charge is 2.05. The lowest BCUT2D eigenvalue weighted by Gasteiger charge is -2.11. The van der Waals surface area contributed by atoms with Gasteiger partial charge >= 0.3 is 0 Å². The van der Waals surface area contributed by atoms with Crippen molar-refractivity contribution in [3.8, 4) is 0 Å². The van der Waals surface area contributed by atoms with Gasteiger partial charge in [-0.05, 0) is 31.9 Å². The van der Waals surface area contributed by atoms with Gasteiger partial charge < -0.3 is 5.32 Å². The highest BCUT2D eigenvalue weighted by Crippen LogP contribution is 2.25. The first-order chi connectivity index (χ1) is 7.76. The number of fused-ring (bicyclic) bond motifs is 1. The van der Waals surface area contributed by atoms with Crippen LogP contribution in [0, 0.1) is 6.92 Å². The Labute approximate surface area is 96.7 Å². The fourth-order valence-corrected chi connectivity index (χ4v) is 1.96. The van der Waals surface area contributed by atoms with Crippen molar-refractivity contribution in [2.24, 2.45) is 0 Å². The van der Waals surface area contributed by atoms with Crippen LogP contribution in [0.2, 0.25) is 0 Å². The van der Waals surface area contributed by atoms with E-state index in [1.807, 2.05) is 0 Å². The molecule has 0 unspecified atom stereocenters. The Morgan fingerprint density at radius 3 is 2.75 bits per heavy atom. The van der Waals surface area contributed by atoms with E-state index in [1.54, 1.807) is 0 Å². The maximum atomic E-state index is 4.70. The number of anilines is 1. The molecule has 0 fully saturated rings. The molecule has 0 amide bonds. The predicted octanol–water partition coefficient (Wildman–Crippen LogP) is 3.54. The minimum atomic E-state index is 0.941. The van der Waals surface area contributed by atoms with Crippen LogP contribution in [0.15, 0.2) is 24.3 Å². The molecule has 0 atom stereocenters. The van der Waals surface area contributed by atoms with Gasteiger partial charge in [-0.15, -0.1) is 0 Å². The minimum absolute atomic E-state index is 0.941. The fourth-order valence-electron chi connectivity index (χ4n) is 1.96. The molecule has 1 heterocycles. The van der Waals surface area contributed by atoms with Crippen molar-refractivity contribution >= 4 is 16.6 Å². The van der Waals surface area contributed by atoms with E-state index in [-0.39, 0.29) is 0 Å². The summed E-state index contributed by atoms with van der Waals surface area (Å²) in [6, 6.07) is 8.49. The van der Waals surface area contributed by atoms with E-state index in [1.165, 1.54) is 16.6 Å². The quantitative estimate of drug-likeness (QED) is 0.845. The second-order valence-corrected chi connectivity index (χ2v) is 4.02. The van der Waals surface area contributed by atoms with Gasteiger partial charge in [0.1, 0.15) is 0 Å². The number of nitrogens with zero attached hydrogens (tertiary/aromatic N) is 1. The van der Waals surface area contributed by atoms with E-state index in [0.29, 0.717) is 0 Å². The number of benzene rings is 1. The Morgan fingerprint density at radius 1 is 1.25 bits per heavy atom. The van der Waals surface area contributed by atoms with E-state index in [0.717, 1.165) is 24.2 Å². The lowest BCUT2D eigenvalue weighted by Crippen LogP contribution is -2.00. The molecule has 0 aliphatic carbocycles. The van der Waals surface area contributed by atoms with Crippen LogP contribution in [0.1, 0.15) is 25.1 Å². The van der Waals surface area contributed by atoms with E-state index < -0.39 is 0 Å². The fraction of sp³-hybridized carbons (Fsp3) is 0.357. The maximum Gasteiger partial charge on any atom is 0.0755 e. The van der Waals surface area contributed by atoms with Gasteiger partial charge in [0.05, 0.1) is 5.52 Å². The molecule has 2 heteroatoms. The zero-order valence-corrected chi connectivity index (χ0v) is 10.2. The second-order valence-electron chi connectivity index (χ2n) is 4.02. The third kappa shape index (κ3) is 1.87. The summed E-state index contributed by atoms with van der Waals surface area (Å²) >= 11 is 0. The number of para-hydroxylation sites is 1. The van der Waals surface area contributed by atoms with Gasteiger partial charge in [0.2, 0.25) is 0 Å². The summed E-state index contributed by atoms with van der Waals surface area (Å²) in [6.45, 7) is 7.32. The van der Waals surface area contributed by atoms with Gasteiger partial charge in [-0.25, -0.2) is 0 Å². The molecule has 0 aliphatic heterocycles. The summed E-state index contributed by atoms with van der Waals surface area (Å²) in [5, 5.41) is 4.63. The summed E-state index contributed by atoms with van der Waals surface area (Å²) in [4.78, 5) is 4.70. The molecule has 1 aromatic heterocycles. The third-order valence-electron chi connectivity index (χ3n) is 2.82. The van der Waals surface area contributed by atoms with Crippen molar-refractivity contribution in [1.82, 2.24) is 4.98 Å². The Balaban J connectivity index is 2.71. The van der Waals surface area contributed by atoms with Gasteiger partial charge in [0.15, 0.2) is 0 Å². The first-order valence-corrected chi connectivity index (χ1v) is 5.89. The molecular formula is C14H18N2. The van der Waals surface area contributed by atoms with Crippen LogP contribution < -0.4 is 5.32 Å². The molecule has 84 valence electrons. The van der Waals surface area contributed by atoms with Gasteiger partial charge in [-0.3, -0.25) is 4.98 Å². The molecule has 2 aromatic rings. The van der Waals surface area contributed by atoms with Gasteiger partial charge in [0.25, 0.3) is 0 Å². The van der Waals surface area contributed by atoms with E-state index in [9.17, 15) is 0 Å². The standard InChI is InChI=1S/C14H18N2/c1-4-11-9-13(15-5-2)12-8-6-7-10(3)14(12)16-11/h6-9H,4-5H2,1-3H3,(H,15,16). The summed E-state index contributed by atoms with van der Waals surface area (Å²) in [6.07, 6.45) is 0.975. The van der Waals surface area contributed by atoms with Crippen molar-refractivity contribution in [2.45, 2.75) is 27.2 Å². The first-order valence-electron chi connectivity index (χ1n) is 5.89. The van der Waals surface area contributed by atoms with Crippen LogP contribution in [0.25, 0.3) is 10.9 Å². The van der Waals surface area contributed by atoms with Crippen LogP contribution in [0.4, 0.5) is 5.69 Å². The average molecular weight is 214 g/mol. The zero-order valence-electron chi connectivity index (χ0n) is 10.2. The van der Waals surface area contributed by atoms with Gasteiger partial charge in [-0.2, -0.15) is 0 Å². The monoisotopic (exact) mass is 214 g/mol. The molecule has 0 aliphatic rings.